The first-order valence-electron chi connectivity index (χ1n) is 6.99. The number of halogens is 2. The number of benzene rings is 1. The molecule has 1 aromatic carbocycles. The maximum Gasteiger partial charge on any atom is 0.116 e. The normalized spacial score (nSPS) is 16.5. The van der Waals surface area contributed by atoms with E-state index < -0.39 is 0 Å². The molecule has 0 bridgehead atoms. The highest BCUT2D eigenvalue weighted by Gasteiger charge is 2.24. The SMILES string of the molecule is C=CC[C@@H](c1c(C)cc(O)cc1C)N1CCNCC1.Cl.Cl. The first-order valence-corrected chi connectivity index (χ1v) is 6.99. The van der Waals surface area contributed by atoms with Gasteiger partial charge in [-0.2, -0.15) is 0 Å². The van der Waals surface area contributed by atoms with E-state index in [1.54, 1.807) is 0 Å². The van der Waals surface area contributed by atoms with Gasteiger partial charge in [0.2, 0.25) is 0 Å². The van der Waals surface area contributed by atoms with Gasteiger partial charge in [-0.15, -0.1) is 31.4 Å². The molecule has 120 valence electrons. The number of aryl methyl sites for hydroxylation is 2. The fourth-order valence-electron chi connectivity index (χ4n) is 3.08. The van der Waals surface area contributed by atoms with E-state index in [-0.39, 0.29) is 24.8 Å². The van der Waals surface area contributed by atoms with Crippen molar-refractivity contribution < 1.29 is 5.11 Å². The Morgan fingerprint density at radius 2 is 1.76 bits per heavy atom. The van der Waals surface area contributed by atoms with Crippen molar-refractivity contribution in [2.24, 2.45) is 0 Å². The van der Waals surface area contributed by atoms with Crippen LogP contribution in [0.15, 0.2) is 24.8 Å². The second-order valence-corrected chi connectivity index (χ2v) is 5.32. The molecule has 21 heavy (non-hydrogen) atoms. The number of nitrogens with one attached hydrogen (secondary N) is 1. The molecule has 1 saturated heterocycles. The molecule has 1 aliphatic rings. The van der Waals surface area contributed by atoms with Crippen molar-refractivity contribution in [2.45, 2.75) is 26.3 Å². The van der Waals surface area contributed by atoms with Gasteiger partial charge in [-0.05, 0) is 49.1 Å². The summed E-state index contributed by atoms with van der Waals surface area (Å²) in [5, 5.41) is 13.1. The van der Waals surface area contributed by atoms with Crippen LogP contribution in [0.3, 0.4) is 0 Å². The molecule has 1 aliphatic heterocycles. The predicted octanol–water partition coefficient (Wildman–Crippen LogP) is 3.38. The molecular formula is C16H26Cl2N2O. The molecular weight excluding hydrogens is 307 g/mol. The minimum Gasteiger partial charge on any atom is -0.508 e. The van der Waals surface area contributed by atoms with E-state index in [1.165, 1.54) is 16.7 Å². The summed E-state index contributed by atoms with van der Waals surface area (Å²) in [5.74, 6) is 0.358. The summed E-state index contributed by atoms with van der Waals surface area (Å²) >= 11 is 0. The van der Waals surface area contributed by atoms with Gasteiger partial charge in [-0.3, -0.25) is 4.90 Å². The van der Waals surface area contributed by atoms with Gasteiger partial charge in [0.15, 0.2) is 0 Å². The quantitative estimate of drug-likeness (QED) is 0.830. The number of phenols is 1. The van der Waals surface area contributed by atoms with Gasteiger partial charge in [0.25, 0.3) is 0 Å². The molecule has 2 rings (SSSR count). The molecule has 0 unspecified atom stereocenters. The van der Waals surface area contributed by atoms with Crippen LogP contribution in [0, 0.1) is 13.8 Å². The second-order valence-electron chi connectivity index (χ2n) is 5.32. The minimum absolute atomic E-state index is 0. The summed E-state index contributed by atoms with van der Waals surface area (Å²) in [7, 11) is 0. The molecule has 3 nitrogen and oxygen atoms in total. The van der Waals surface area contributed by atoms with Crippen molar-refractivity contribution in [2.75, 3.05) is 26.2 Å². The Balaban J connectivity index is 0.00000200. The molecule has 0 radical (unpaired) electrons. The smallest absolute Gasteiger partial charge is 0.116 e. The maximum atomic E-state index is 9.70. The lowest BCUT2D eigenvalue weighted by molar-refractivity contribution is 0.173. The predicted molar refractivity (Wildman–Crippen MR) is 94.1 cm³/mol. The molecule has 1 fully saturated rings. The Bertz CT molecular complexity index is 437. The topological polar surface area (TPSA) is 35.5 Å². The first kappa shape index (κ1) is 20.3. The van der Waals surface area contributed by atoms with E-state index in [1.807, 2.05) is 18.2 Å². The number of phenolic OH excluding ortho intramolecular Hbond substituents is 1. The van der Waals surface area contributed by atoms with E-state index in [0.29, 0.717) is 11.8 Å². The lowest BCUT2D eigenvalue weighted by atomic mass is 9.92. The van der Waals surface area contributed by atoms with Gasteiger partial charge in [0.05, 0.1) is 0 Å². The Morgan fingerprint density at radius 3 is 2.24 bits per heavy atom. The maximum absolute atomic E-state index is 9.70. The lowest BCUT2D eigenvalue weighted by Gasteiger charge is -2.36. The van der Waals surface area contributed by atoms with E-state index in [0.717, 1.165) is 32.6 Å². The zero-order valence-electron chi connectivity index (χ0n) is 12.8. The van der Waals surface area contributed by atoms with Gasteiger partial charge < -0.3 is 10.4 Å². The monoisotopic (exact) mass is 332 g/mol. The fourth-order valence-corrected chi connectivity index (χ4v) is 3.08. The highest BCUT2D eigenvalue weighted by Crippen LogP contribution is 2.32. The average molecular weight is 333 g/mol. The van der Waals surface area contributed by atoms with Crippen LogP contribution in [0.25, 0.3) is 0 Å². The zero-order valence-corrected chi connectivity index (χ0v) is 14.4. The Morgan fingerprint density at radius 1 is 1.24 bits per heavy atom. The van der Waals surface area contributed by atoms with Gasteiger partial charge in [0.1, 0.15) is 5.75 Å². The summed E-state index contributed by atoms with van der Waals surface area (Å²) in [6.07, 6.45) is 2.95. The molecule has 5 heteroatoms. The van der Waals surface area contributed by atoms with Gasteiger partial charge >= 0.3 is 0 Å². The van der Waals surface area contributed by atoms with E-state index >= 15 is 0 Å². The van der Waals surface area contributed by atoms with E-state index in [9.17, 15) is 5.11 Å². The molecule has 1 heterocycles. The number of hydrogen-bond acceptors (Lipinski definition) is 3. The van der Waals surface area contributed by atoms with Gasteiger partial charge in [-0.1, -0.05) is 6.08 Å². The van der Waals surface area contributed by atoms with Crippen molar-refractivity contribution >= 4 is 24.8 Å². The van der Waals surface area contributed by atoms with Gasteiger partial charge in [0, 0.05) is 32.2 Å². The van der Waals surface area contributed by atoms with Crippen molar-refractivity contribution in [3.8, 4) is 5.75 Å². The zero-order chi connectivity index (χ0) is 13.8. The molecule has 0 saturated carbocycles. The van der Waals surface area contributed by atoms with Crippen molar-refractivity contribution in [1.82, 2.24) is 10.2 Å². The second kappa shape index (κ2) is 9.31. The van der Waals surface area contributed by atoms with Crippen molar-refractivity contribution in [3.63, 3.8) is 0 Å². The van der Waals surface area contributed by atoms with Crippen molar-refractivity contribution in [3.05, 3.63) is 41.5 Å². The van der Waals surface area contributed by atoms with Crippen LogP contribution < -0.4 is 5.32 Å². The van der Waals surface area contributed by atoms with Crippen LogP contribution >= 0.6 is 24.8 Å². The lowest BCUT2D eigenvalue weighted by Crippen LogP contribution is -2.45. The van der Waals surface area contributed by atoms with Crippen molar-refractivity contribution in [1.29, 1.82) is 0 Å². The van der Waals surface area contributed by atoms with Crippen LogP contribution in [0.4, 0.5) is 0 Å². The summed E-state index contributed by atoms with van der Waals surface area (Å²) in [5.41, 5.74) is 3.69. The molecule has 0 spiro atoms. The van der Waals surface area contributed by atoms with E-state index in [4.69, 9.17) is 0 Å². The Labute approximate surface area is 140 Å². The number of rotatable bonds is 4. The number of piperazine rings is 1. The summed E-state index contributed by atoms with van der Waals surface area (Å²) < 4.78 is 0. The fraction of sp³-hybridized carbons (Fsp3) is 0.500. The van der Waals surface area contributed by atoms with Gasteiger partial charge in [-0.25, -0.2) is 0 Å². The van der Waals surface area contributed by atoms with Crippen LogP contribution in [0.2, 0.25) is 0 Å². The molecule has 2 N–H and O–H groups in total. The summed E-state index contributed by atoms with van der Waals surface area (Å²) in [6, 6.07) is 4.10. The number of nitrogens with zero attached hydrogens (tertiary/aromatic N) is 1. The summed E-state index contributed by atoms with van der Waals surface area (Å²) in [4.78, 5) is 2.52. The minimum atomic E-state index is 0. The molecule has 0 aromatic heterocycles. The van der Waals surface area contributed by atoms with Crippen LogP contribution in [-0.4, -0.2) is 36.2 Å². The number of aromatic hydroxyl groups is 1. The highest BCUT2D eigenvalue weighted by atomic mass is 35.5. The first-order chi connectivity index (χ1) is 9.13. The van der Waals surface area contributed by atoms with Crippen LogP contribution in [0.1, 0.15) is 29.2 Å². The van der Waals surface area contributed by atoms with Crippen LogP contribution in [-0.2, 0) is 0 Å². The highest BCUT2D eigenvalue weighted by molar-refractivity contribution is 5.85. The standard InChI is InChI=1S/C16H24N2O.2ClH/c1-4-5-15(18-8-6-17-7-9-18)16-12(2)10-14(19)11-13(16)3;;/h4,10-11,15,17,19H,1,5-9H2,2-3H3;2*1H/t15-;;/m0../s1. The largest absolute Gasteiger partial charge is 0.508 e. The molecule has 1 aromatic rings. The third-order valence-electron chi connectivity index (χ3n) is 3.89. The third kappa shape index (κ3) is 4.89. The Hall–Kier alpha value is -0.740. The van der Waals surface area contributed by atoms with E-state index in [2.05, 4.69) is 30.6 Å². The Kier molecular flexibility index (Phi) is 8.98. The molecule has 1 atom stereocenters. The third-order valence-corrected chi connectivity index (χ3v) is 3.89. The average Bonchev–Trinajstić information content (AvgIpc) is 2.37. The van der Waals surface area contributed by atoms with Crippen LogP contribution in [0.5, 0.6) is 5.75 Å². The summed E-state index contributed by atoms with van der Waals surface area (Å²) in [6.45, 7) is 12.3. The molecule has 0 aliphatic carbocycles. The number of hydrogen-bond donors (Lipinski definition) is 2. The molecule has 0 amide bonds.